The van der Waals surface area contributed by atoms with Crippen molar-refractivity contribution in [3.8, 4) is 0 Å². The van der Waals surface area contributed by atoms with Crippen LogP contribution in [0.2, 0.25) is 36.3 Å². The van der Waals surface area contributed by atoms with Crippen LogP contribution in [0.15, 0.2) is 58.7 Å². The lowest BCUT2D eigenvalue weighted by molar-refractivity contribution is 0.0950. The molecule has 1 aliphatic carbocycles. The highest BCUT2D eigenvalue weighted by molar-refractivity contribution is 6.74. The molecule has 0 aromatic heterocycles. The fourth-order valence-corrected chi connectivity index (χ4v) is 7.93. The van der Waals surface area contributed by atoms with Gasteiger partial charge >= 0.3 is 0 Å². The number of rotatable bonds is 17. The second-order valence-electron chi connectivity index (χ2n) is 18.5. The van der Waals surface area contributed by atoms with Gasteiger partial charge in [0.15, 0.2) is 16.6 Å². The summed E-state index contributed by atoms with van der Waals surface area (Å²) in [6.45, 7) is 43.5. The third-order valence-corrected chi connectivity index (χ3v) is 20.9. The number of hydrogen-bond acceptors (Lipinski definition) is 2. The molecule has 0 radical (unpaired) electrons. The van der Waals surface area contributed by atoms with Crippen molar-refractivity contribution in [1.29, 1.82) is 0 Å². The Labute approximate surface area is 290 Å². The minimum absolute atomic E-state index is 0.241. The monoisotopic (exact) mass is 671 g/mol. The first-order valence-electron chi connectivity index (χ1n) is 18.5. The lowest BCUT2D eigenvalue weighted by atomic mass is 9.58. The first-order valence-corrected chi connectivity index (χ1v) is 24.3. The maximum Gasteiger partial charge on any atom is 0.192 e. The summed E-state index contributed by atoms with van der Waals surface area (Å²) in [4.78, 5) is 0. The molecule has 1 rings (SSSR count). The molecule has 0 heterocycles. The summed E-state index contributed by atoms with van der Waals surface area (Å²) in [5, 5.41) is 0.496. The summed E-state index contributed by atoms with van der Waals surface area (Å²) in [6, 6.07) is 0. The Morgan fingerprint density at radius 1 is 0.783 bits per heavy atom. The molecule has 0 aliphatic heterocycles. The summed E-state index contributed by atoms with van der Waals surface area (Å²) >= 11 is 0. The Morgan fingerprint density at radius 2 is 1.33 bits per heavy atom. The van der Waals surface area contributed by atoms with Crippen molar-refractivity contribution in [3.63, 3.8) is 0 Å². The molecule has 0 amide bonds. The van der Waals surface area contributed by atoms with Gasteiger partial charge in [-0.2, -0.15) is 0 Å². The van der Waals surface area contributed by atoms with Crippen molar-refractivity contribution >= 4 is 16.6 Å². The smallest absolute Gasteiger partial charge is 0.192 e. The zero-order chi connectivity index (χ0) is 35.6. The predicted molar refractivity (Wildman–Crippen MR) is 213 cm³/mol. The molecular formula is C42H78O2Si2. The average molecular weight is 671 g/mol. The fourth-order valence-electron chi connectivity index (χ4n) is 6.02. The predicted octanol–water partition coefficient (Wildman–Crippen LogP) is 14.2. The van der Waals surface area contributed by atoms with E-state index in [1.54, 1.807) is 0 Å². The minimum atomic E-state index is -1.76. The molecule has 0 saturated heterocycles. The van der Waals surface area contributed by atoms with Gasteiger partial charge in [-0.05, 0) is 145 Å². The first kappa shape index (κ1) is 43.1. The second kappa shape index (κ2) is 18.2. The molecule has 0 bridgehead atoms. The van der Waals surface area contributed by atoms with Crippen molar-refractivity contribution in [2.24, 2.45) is 17.3 Å². The van der Waals surface area contributed by atoms with Crippen LogP contribution in [-0.2, 0) is 8.85 Å². The lowest BCUT2D eigenvalue weighted by Gasteiger charge is -2.47. The van der Waals surface area contributed by atoms with E-state index in [9.17, 15) is 0 Å². The zero-order valence-electron chi connectivity index (χ0n) is 33.8. The van der Waals surface area contributed by atoms with Crippen LogP contribution in [0.25, 0.3) is 0 Å². The van der Waals surface area contributed by atoms with E-state index in [0.29, 0.717) is 11.8 Å². The lowest BCUT2D eigenvalue weighted by Crippen LogP contribution is -2.41. The average Bonchev–Trinajstić information content (AvgIpc) is 2.89. The van der Waals surface area contributed by atoms with Crippen molar-refractivity contribution in [3.05, 3.63) is 58.7 Å². The zero-order valence-corrected chi connectivity index (χ0v) is 35.8. The Balaban J connectivity index is 2.81. The van der Waals surface area contributed by atoms with E-state index in [1.165, 1.54) is 53.5 Å². The molecule has 266 valence electrons. The Kier molecular flexibility index (Phi) is 17.0. The highest BCUT2D eigenvalue weighted by Gasteiger charge is 2.41. The molecule has 1 fully saturated rings. The first-order chi connectivity index (χ1) is 20.9. The summed E-state index contributed by atoms with van der Waals surface area (Å²) < 4.78 is 13.1. The Morgan fingerprint density at radius 3 is 1.89 bits per heavy atom. The van der Waals surface area contributed by atoms with Gasteiger partial charge in [-0.15, -0.1) is 0 Å². The summed E-state index contributed by atoms with van der Waals surface area (Å²) in [6.07, 6.45) is 20.1. The van der Waals surface area contributed by atoms with E-state index in [-0.39, 0.29) is 15.5 Å². The van der Waals surface area contributed by atoms with Crippen LogP contribution in [-0.4, -0.2) is 29.8 Å². The highest BCUT2D eigenvalue weighted by Crippen LogP contribution is 2.51. The van der Waals surface area contributed by atoms with Crippen LogP contribution in [0.3, 0.4) is 0 Å². The van der Waals surface area contributed by atoms with Gasteiger partial charge in [0, 0.05) is 0 Å². The van der Waals surface area contributed by atoms with Gasteiger partial charge in [0.2, 0.25) is 0 Å². The van der Waals surface area contributed by atoms with Crippen molar-refractivity contribution in [2.75, 3.05) is 13.2 Å². The summed E-state index contributed by atoms with van der Waals surface area (Å²) in [5.41, 5.74) is 7.60. The highest BCUT2D eigenvalue weighted by atomic mass is 28.4. The van der Waals surface area contributed by atoms with Gasteiger partial charge < -0.3 is 8.85 Å². The fraction of sp³-hybridized carbons (Fsp3) is 0.762. The van der Waals surface area contributed by atoms with Gasteiger partial charge in [0.1, 0.15) is 0 Å². The quantitative estimate of drug-likeness (QED) is 0.113. The molecule has 4 heteroatoms. The molecule has 0 aromatic carbocycles. The van der Waals surface area contributed by atoms with Crippen molar-refractivity contribution in [2.45, 2.75) is 177 Å². The van der Waals surface area contributed by atoms with Crippen molar-refractivity contribution in [1.82, 2.24) is 0 Å². The topological polar surface area (TPSA) is 18.5 Å². The number of allylic oxidation sites excluding steroid dienone is 7. The van der Waals surface area contributed by atoms with Gasteiger partial charge in [0.05, 0.1) is 13.2 Å². The third-order valence-electron chi connectivity index (χ3n) is 11.9. The van der Waals surface area contributed by atoms with Crippen LogP contribution in [0.1, 0.15) is 141 Å². The molecular weight excluding hydrogens is 593 g/mol. The molecule has 2 atom stereocenters. The molecule has 1 saturated carbocycles. The molecule has 0 N–H and O–H groups in total. The van der Waals surface area contributed by atoms with E-state index < -0.39 is 16.6 Å². The van der Waals surface area contributed by atoms with Crippen LogP contribution in [0.4, 0.5) is 0 Å². The minimum Gasteiger partial charge on any atom is -0.413 e. The molecule has 2 nitrogen and oxygen atoms in total. The normalized spacial score (nSPS) is 20.7. The summed E-state index contributed by atoms with van der Waals surface area (Å²) in [7, 11) is -3.46. The molecule has 0 aromatic rings. The number of hydrogen-bond donors (Lipinski definition) is 0. The largest absolute Gasteiger partial charge is 0.413 e. The van der Waals surface area contributed by atoms with E-state index in [0.717, 1.165) is 45.3 Å². The van der Waals surface area contributed by atoms with Gasteiger partial charge in [-0.3, -0.25) is 0 Å². The van der Waals surface area contributed by atoms with E-state index in [2.05, 4.69) is 140 Å². The maximum atomic E-state index is 6.64. The van der Waals surface area contributed by atoms with Gasteiger partial charge in [0.25, 0.3) is 0 Å². The molecule has 0 spiro atoms. The standard InChI is InChI=1S/C42H78O2Si2/c1-33(2)20-18-22-37(32-44-46(16,17)41(9,10)11)23-19-21-34(3)24-27-38-28-26-36(5)39(42(38,12)13)29-25-35(4)30-31-43-45(14,15)40(6,7)8/h20,23-24,30,38-39H,5,18-19,21-22,25-29,31-32H2,1-4,6-17H3/b34-24+,35-30+,37-23-/t38-,39+/m1/s1. The van der Waals surface area contributed by atoms with Gasteiger partial charge in [-0.25, -0.2) is 0 Å². The Bertz CT molecular complexity index is 1080. The maximum absolute atomic E-state index is 6.64. The Hall–Kier alpha value is -0.946. The van der Waals surface area contributed by atoms with Crippen LogP contribution in [0, 0.1) is 17.3 Å². The molecule has 46 heavy (non-hydrogen) atoms. The van der Waals surface area contributed by atoms with Crippen molar-refractivity contribution < 1.29 is 8.85 Å². The third kappa shape index (κ3) is 14.3. The SMILES string of the molecule is C=C1CC[C@@H](C/C=C(\C)CC/C=C(/CCC=C(C)C)CO[Si](C)(C)C(C)(C)C)C(C)(C)[C@H]1CC/C(C)=C/CO[Si](C)(C)C(C)(C)C. The molecule has 0 unspecified atom stereocenters. The van der Waals surface area contributed by atoms with Crippen LogP contribution < -0.4 is 0 Å². The molecule has 1 aliphatic rings. The van der Waals surface area contributed by atoms with E-state index in [4.69, 9.17) is 8.85 Å². The van der Waals surface area contributed by atoms with Gasteiger partial charge in [-0.1, -0.05) is 109 Å². The van der Waals surface area contributed by atoms with Crippen LogP contribution in [0.5, 0.6) is 0 Å². The van der Waals surface area contributed by atoms with E-state index >= 15 is 0 Å². The summed E-state index contributed by atoms with van der Waals surface area (Å²) in [5.74, 6) is 1.29. The van der Waals surface area contributed by atoms with E-state index in [1.807, 2.05) is 0 Å². The second-order valence-corrected chi connectivity index (χ2v) is 28.1. The van der Waals surface area contributed by atoms with Crippen LogP contribution >= 0.6 is 0 Å².